The van der Waals surface area contributed by atoms with E-state index >= 15 is 0 Å². The first-order valence-corrected chi connectivity index (χ1v) is 12.0. The minimum atomic E-state index is -2.48. The summed E-state index contributed by atoms with van der Waals surface area (Å²) in [6, 6.07) is 29.3. The molecule has 27 heavy (non-hydrogen) atoms. The van der Waals surface area contributed by atoms with Gasteiger partial charge in [-0.15, -0.1) is 0 Å². The van der Waals surface area contributed by atoms with Crippen molar-refractivity contribution in [2.75, 3.05) is 0 Å². The highest BCUT2D eigenvalue weighted by Gasteiger charge is 2.35. The molecule has 0 amide bonds. The Labute approximate surface area is 162 Å². The summed E-state index contributed by atoms with van der Waals surface area (Å²) in [7, 11) is -2.48. The van der Waals surface area contributed by atoms with Crippen LogP contribution in [0.15, 0.2) is 84.9 Å². The average molecular weight is 374 g/mol. The molecule has 3 aromatic rings. The van der Waals surface area contributed by atoms with Crippen LogP contribution in [0.25, 0.3) is 11.1 Å². The molecular weight excluding hydrogens is 347 g/mol. The summed E-state index contributed by atoms with van der Waals surface area (Å²) in [5, 5.41) is 1.05. The molecular formula is C25H27OP. The predicted molar refractivity (Wildman–Crippen MR) is 116 cm³/mol. The molecule has 3 aromatic carbocycles. The Morgan fingerprint density at radius 1 is 0.667 bits per heavy atom. The average Bonchev–Trinajstić information content (AvgIpc) is 2.76. The Morgan fingerprint density at radius 2 is 1.22 bits per heavy atom. The predicted octanol–water partition coefficient (Wildman–Crippen LogP) is 6.87. The van der Waals surface area contributed by atoms with Crippen LogP contribution in [0.4, 0.5) is 0 Å². The van der Waals surface area contributed by atoms with Crippen molar-refractivity contribution in [2.24, 2.45) is 0 Å². The van der Waals surface area contributed by atoms with Gasteiger partial charge in [0.25, 0.3) is 0 Å². The lowest BCUT2D eigenvalue weighted by Gasteiger charge is -2.31. The van der Waals surface area contributed by atoms with Gasteiger partial charge in [0.15, 0.2) is 0 Å². The van der Waals surface area contributed by atoms with E-state index in [-0.39, 0.29) is 0 Å². The standard InChI is InChI=1S/C25H27OP/c26-27(24-14-8-3-9-15-24,20-21-10-4-1-5-11-21)25-18-16-23(17-19-25)22-12-6-2-7-13-22/h1-2,4-7,10-13,16-19,24H,3,8-9,14-15,20H2. The normalized spacial score (nSPS) is 17.3. The van der Waals surface area contributed by atoms with Crippen molar-refractivity contribution >= 4 is 12.4 Å². The molecule has 0 radical (unpaired) electrons. The van der Waals surface area contributed by atoms with Crippen LogP contribution in [0.5, 0.6) is 0 Å². The zero-order valence-corrected chi connectivity index (χ0v) is 16.7. The van der Waals surface area contributed by atoms with Gasteiger partial charge in [0, 0.05) is 17.1 Å². The minimum absolute atomic E-state index is 0.328. The van der Waals surface area contributed by atoms with E-state index in [1.165, 1.54) is 36.0 Å². The first kappa shape index (κ1) is 18.3. The Bertz CT molecular complexity index is 894. The lowest BCUT2D eigenvalue weighted by Crippen LogP contribution is -2.21. The highest BCUT2D eigenvalue weighted by molar-refractivity contribution is 7.71. The van der Waals surface area contributed by atoms with Crippen molar-refractivity contribution in [1.29, 1.82) is 0 Å². The third-order valence-electron chi connectivity index (χ3n) is 5.84. The topological polar surface area (TPSA) is 17.1 Å². The van der Waals surface area contributed by atoms with Gasteiger partial charge >= 0.3 is 0 Å². The van der Waals surface area contributed by atoms with E-state index in [9.17, 15) is 4.57 Å². The van der Waals surface area contributed by atoms with Gasteiger partial charge in [-0.05, 0) is 29.5 Å². The molecule has 2 heteroatoms. The lowest BCUT2D eigenvalue weighted by molar-refractivity contribution is 0.486. The highest BCUT2D eigenvalue weighted by Crippen LogP contribution is 2.57. The van der Waals surface area contributed by atoms with Crippen molar-refractivity contribution in [3.05, 3.63) is 90.5 Å². The number of rotatable bonds is 5. The molecule has 0 saturated heterocycles. The zero-order chi connectivity index (χ0) is 18.5. The van der Waals surface area contributed by atoms with Crippen molar-refractivity contribution in [3.8, 4) is 11.1 Å². The molecule has 1 atom stereocenters. The molecule has 0 heterocycles. The van der Waals surface area contributed by atoms with Gasteiger partial charge < -0.3 is 4.57 Å². The van der Waals surface area contributed by atoms with Gasteiger partial charge in [-0.2, -0.15) is 0 Å². The van der Waals surface area contributed by atoms with Gasteiger partial charge in [0.2, 0.25) is 0 Å². The molecule has 0 aliphatic heterocycles. The van der Waals surface area contributed by atoms with Crippen LogP contribution in [0.1, 0.15) is 37.7 Å². The van der Waals surface area contributed by atoms with Gasteiger partial charge in [0.05, 0.1) is 0 Å². The smallest absolute Gasteiger partial charge is 0.122 e. The Morgan fingerprint density at radius 3 is 1.85 bits per heavy atom. The third-order valence-corrected chi connectivity index (χ3v) is 9.54. The summed E-state index contributed by atoms with van der Waals surface area (Å²) in [6.45, 7) is 0. The van der Waals surface area contributed by atoms with Crippen molar-refractivity contribution in [2.45, 2.75) is 43.9 Å². The second-order valence-corrected chi connectivity index (χ2v) is 10.8. The monoisotopic (exact) mass is 374 g/mol. The molecule has 1 fully saturated rings. The van der Waals surface area contributed by atoms with Crippen LogP contribution in [-0.2, 0) is 10.7 Å². The minimum Gasteiger partial charge on any atom is -0.318 e. The fourth-order valence-corrected chi connectivity index (χ4v) is 7.79. The SMILES string of the molecule is O=P(Cc1ccccc1)(c1ccc(-c2ccccc2)cc1)C1CCCCC1. The largest absolute Gasteiger partial charge is 0.318 e. The van der Waals surface area contributed by atoms with E-state index in [0.717, 1.165) is 18.1 Å². The van der Waals surface area contributed by atoms with Crippen LogP contribution < -0.4 is 5.30 Å². The van der Waals surface area contributed by atoms with Crippen LogP contribution in [-0.4, -0.2) is 5.66 Å². The van der Waals surface area contributed by atoms with Gasteiger partial charge in [-0.3, -0.25) is 0 Å². The molecule has 0 N–H and O–H groups in total. The number of hydrogen-bond acceptors (Lipinski definition) is 1. The number of hydrogen-bond donors (Lipinski definition) is 0. The van der Waals surface area contributed by atoms with E-state index in [2.05, 4.69) is 72.8 Å². The van der Waals surface area contributed by atoms with Crippen molar-refractivity contribution in [3.63, 3.8) is 0 Å². The fraction of sp³-hybridized carbons (Fsp3) is 0.280. The summed E-state index contributed by atoms with van der Waals surface area (Å²) < 4.78 is 14.4. The molecule has 0 bridgehead atoms. The summed E-state index contributed by atoms with van der Waals surface area (Å²) in [4.78, 5) is 0. The molecule has 1 aliphatic carbocycles. The van der Waals surface area contributed by atoms with Crippen LogP contribution in [0, 0.1) is 0 Å². The second kappa shape index (κ2) is 8.28. The Hall–Kier alpha value is -2.11. The summed E-state index contributed by atoms with van der Waals surface area (Å²) in [5.74, 6) is 0. The summed E-state index contributed by atoms with van der Waals surface area (Å²) in [5.41, 5.74) is 3.92. The van der Waals surface area contributed by atoms with E-state index in [4.69, 9.17) is 0 Å². The van der Waals surface area contributed by atoms with E-state index < -0.39 is 7.14 Å². The van der Waals surface area contributed by atoms with Gasteiger partial charge in [-0.1, -0.05) is 104 Å². The molecule has 1 aliphatic rings. The molecule has 1 unspecified atom stereocenters. The van der Waals surface area contributed by atoms with Crippen LogP contribution >= 0.6 is 7.14 Å². The lowest BCUT2D eigenvalue weighted by atomic mass is 10.0. The molecule has 1 saturated carbocycles. The molecule has 4 rings (SSSR count). The number of benzene rings is 3. The summed E-state index contributed by atoms with van der Waals surface area (Å²) >= 11 is 0. The second-order valence-electron chi connectivity index (χ2n) is 7.64. The van der Waals surface area contributed by atoms with Crippen LogP contribution in [0.2, 0.25) is 0 Å². The molecule has 138 valence electrons. The van der Waals surface area contributed by atoms with Crippen molar-refractivity contribution < 1.29 is 4.57 Å². The first-order chi connectivity index (χ1) is 13.3. The van der Waals surface area contributed by atoms with Gasteiger partial charge in [-0.25, -0.2) is 0 Å². The maximum atomic E-state index is 14.4. The van der Waals surface area contributed by atoms with Crippen LogP contribution in [0.3, 0.4) is 0 Å². The van der Waals surface area contributed by atoms with Crippen molar-refractivity contribution in [1.82, 2.24) is 0 Å². The molecule has 0 aromatic heterocycles. The molecule has 0 spiro atoms. The fourth-order valence-electron chi connectivity index (χ4n) is 4.32. The maximum absolute atomic E-state index is 14.4. The quantitative estimate of drug-likeness (QED) is 0.445. The molecule has 1 nitrogen and oxygen atoms in total. The first-order valence-electron chi connectivity index (χ1n) is 10.0. The summed E-state index contributed by atoms with van der Waals surface area (Å²) in [6.07, 6.45) is 6.60. The third kappa shape index (κ3) is 4.09. The van der Waals surface area contributed by atoms with Gasteiger partial charge in [0.1, 0.15) is 7.14 Å². The van der Waals surface area contributed by atoms with E-state index in [1.54, 1.807) is 0 Å². The Kier molecular flexibility index (Phi) is 5.60. The maximum Gasteiger partial charge on any atom is 0.122 e. The van der Waals surface area contributed by atoms with E-state index in [1.807, 2.05) is 12.1 Å². The highest BCUT2D eigenvalue weighted by atomic mass is 31.2. The zero-order valence-electron chi connectivity index (χ0n) is 15.8. The Balaban J connectivity index is 1.68. The van der Waals surface area contributed by atoms with E-state index in [0.29, 0.717) is 11.8 Å².